The Hall–Kier alpha value is -2.08. The molecule has 2 aliphatic heterocycles. The summed E-state index contributed by atoms with van der Waals surface area (Å²) in [5.41, 5.74) is -3.40. The van der Waals surface area contributed by atoms with Crippen molar-refractivity contribution >= 4 is 16.0 Å². The number of benzene rings is 1. The van der Waals surface area contributed by atoms with E-state index < -0.39 is 43.3 Å². The van der Waals surface area contributed by atoms with Crippen molar-refractivity contribution in [1.82, 2.24) is 9.55 Å². The Morgan fingerprint density at radius 1 is 1.34 bits per heavy atom. The highest BCUT2D eigenvalue weighted by atomic mass is 31.2. The Balaban J connectivity index is 1.47. The second-order valence-electron chi connectivity index (χ2n) is 6.60. The van der Waals surface area contributed by atoms with E-state index in [4.69, 9.17) is 26.2 Å². The van der Waals surface area contributed by atoms with Crippen LogP contribution in [-0.2, 0) is 20.4 Å². The standard InChI is InChI=1S/C16H15BFN2O8P/c17-16(23,12-3-4-14(26-12)20-6-5-13(21)19-15(20)22)28-29(24)25-8-9-7-10(18)1-2-11(9)27-29/h1-2,5-7,12,14,23-24H,3-4,8H2/p+1. The van der Waals surface area contributed by atoms with Gasteiger partial charge in [0.2, 0.25) is 0 Å². The maximum atomic E-state index is 13.3. The lowest BCUT2D eigenvalue weighted by molar-refractivity contribution is -0.181. The summed E-state index contributed by atoms with van der Waals surface area (Å²) in [6.07, 6.45) is -0.245. The third kappa shape index (κ3) is 4.13. The predicted octanol–water partition coefficient (Wildman–Crippen LogP) is 0.464. The second-order valence-corrected chi connectivity index (χ2v) is 8.16. The third-order valence-electron chi connectivity index (χ3n) is 4.50. The molecule has 13 heteroatoms. The predicted molar refractivity (Wildman–Crippen MR) is 97.2 cm³/mol. The first kappa shape index (κ1) is 20.2. The van der Waals surface area contributed by atoms with Gasteiger partial charge >= 0.3 is 13.9 Å². The SMILES string of the molecule is [B]C(O)(O[P+]1(O)OCc2cc(F)ccc2O1)C1CCC(n2ccc(=O)[nH]c2=O)O1. The monoisotopic (exact) mass is 425 g/mol. The van der Waals surface area contributed by atoms with Crippen molar-refractivity contribution in [2.45, 2.75) is 37.5 Å². The van der Waals surface area contributed by atoms with Crippen LogP contribution in [0.25, 0.3) is 0 Å². The van der Waals surface area contributed by atoms with Gasteiger partial charge in [0.15, 0.2) is 19.3 Å². The number of H-pyrrole nitrogens is 1. The molecule has 1 aromatic carbocycles. The molecule has 3 N–H and O–H groups in total. The average Bonchev–Trinajstić information content (AvgIpc) is 3.12. The number of fused-ring (bicyclic) bond motifs is 1. The average molecular weight is 425 g/mol. The van der Waals surface area contributed by atoms with Crippen LogP contribution in [0, 0.1) is 5.82 Å². The molecule has 0 amide bonds. The lowest BCUT2D eigenvalue weighted by Gasteiger charge is -2.31. The summed E-state index contributed by atoms with van der Waals surface area (Å²) >= 11 is 0. The summed E-state index contributed by atoms with van der Waals surface area (Å²) in [4.78, 5) is 35.7. The summed E-state index contributed by atoms with van der Waals surface area (Å²) in [6.45, 7) is -0.214. The molecule has 4 rings (SSSR count). The van der Waals surface area contributed by atoms with E-state index in [1.165, 1.54) is 18.3 Å². The van der Waals surface area contributed by atoms with E-state index in [0.717, 1.165) is 16.7 Å². The zero-order chi connectivity index (χ0) is 20.8. The maximum absolute atomic E-state index is 13.3. The fourth-order valence-corrected chi connectivity index (χ4v) is 4.48. The van der Waals surface area contributed by atoms with Gasteiger partial charge in [-0.1, -0.05) is 0 Å². The molecule has 2 aromatic rings. The zero-order valence-electron chi connectivity index (χ0n) is 14.9. The quantitative estimate of drug-likeness (QED) is 0.366. The first-order chi connectivity index (χ1) is 13.7. The van der Waals surface area contributed by atoms with Crippen LogP contribution in [0.2, 0.25) is 0 Å². The zero-order valence-corrected chi connectivity index (χ0v) is 15.8. The fraction of sp³-hybridized carbons (Fsp3) is 0.375. The number of hydrogen-bond acceptors (Lipinski definition) is 8. The molecular formula is C16H16BFN2O8P+. The highest BCUT2D eigenvalue weighted by Gasteiger charge is 2.58. The molecule has 0 aliphatic carbocycles. The number of nitrogens with one attached hydrogen (secondary N) is 1. The second kappa shape index (κ2) is 7.31. The van der Waals surface area contributed by atoms with Gasteiger partial charge in [0.05, 0.1) is 0 Å². The van der Waals surface area contributed by atoms with Gasteiger partial charge in [0, 0.05) is 17.8 Å². The number of aromatic amines is 1. The number of rotatable bonds is 4. The van der Waals surface area contributed by atoms with Crippen LogP contribution in [0.5, 0.6) is 5.75 Å². The van der Waals surface area contributed by atoms with Crippen molar-refractivity contribution in [3.05, 3.63) is 62.7 Å². The van der Waals surface area contributed by atoms with Gasteiger partial charge in [-0.2, -0.15) is 4.89 Å². The van der Waals surface area contributed by atoms with Gasteiger partial charge in [-0.3, -0.25) is 18.9 Å². The van der Waals surface area contributed by atoms with E-state index in [0.29, 0.717) is 5.56 Å². The lowest BCUT2D eigenvalue weighted by Crippen LogP contribution is -2.46. The smallest absolute Gasteiger partial charge is 0.368 e. The Morgan fingerprint density at radius 2 is 2.14 bits per heavy atom. The van der Waals surface area contributed by atoms with Crippen LogP contribution in [-0.4, -0.2) is 39.2 Å². The van der Waals surface area contributed by atoms with Gasteiger partial charge in [-0.25, -0.2) is 9.18 Å². The molecule has 1 fully saturated rings. The number of aliphatic hydroxyl groups is 1. The van der Waals surface area contributed by atoms with Crippen LogP contribution >= 0.6 is 8.17 Å². The number of nitrogens with zero attached hydrogens (tertiary/aromatic N) is 1. The van der Waals surface area contributed by atoms with E-state index in [-0.39, 0.29) is 25.2 Å². The van der Waals surface area contributed by atoms with Crippen LogP contribution in [0.1, 0.15) is 24.6 Å². The van der Waals surface area contributed by atoms with Gasteiger partial charge in [-0.05, 0) is 31.0 Å². The van der Waals surface area contributed by atoms with Gasteiger partial charge < -0.3 is 9.84 Å². The fourth-order valence-electron chi connectivity index (χ4n) is 3.12. The van der Waals surface area contributed by atoms with Crippen LogP contribution < -0.4 is 15.8 Å². The Kier molecular flexibility index (Phi) is 5.10. The summed E-state index contributed by atoms with van der Waals surface area (Å²) in [5, 5.41) is 10.5. The van der Waals surface area contributed by atoms with E-state index >= 15 is 0 Å². The summed E-state index contributed by atoms with van der Waals surface area (Å²) in [5.74, 6) is -0.367. The molecule has 0 saturated carbocycles. The van der Waals surface area contributed by atoms with Gasteiger partial charge in [0.1, 0.15) is 24.8 Å². The maximum Gasteiger partial charge on any atom is 0.621 e. The van der Waals surface area contributed by atoms with Crippen molar-refractivity contribution < 1.29 is 32.7 Å². The van der Waals surface area contributed by atoms with E-state index in [9.17, 15) is 24.0 Å². The largest absolute Gasteiger partial charge is 0.621 e. The van der Waals surface area contributed by atoms with Crippen molar-refractivity contribution in [1.29, 1.82) is 0 Å². The van der Waals surface area contributed by atoms with Crippen LogP contribution in [0.3, 0.4) is 0 Å². The number of halogens is 1. The Morgan fingerprint density at radius 3 is 2.90 bits per heavy atom. The van der Waals surface area contributed by atoms with E-state index in [1.54, 1.807) is 0 Å². The highest BCUT2D eigenvalue weighted by Crippen LogP contribution is 2.63. The molecule has 10 nitrogen and oxygen atoms in total. The third-order valence-corrected chi connectivity index (χ3v) is 5.91. The first-order valence-corrected chi connectivity index (χ1v) is 10.1. The minimum absolute atomic E-state index is 0.134. The molecule has 3 heterocycles. The molecule has 1 saturated heterocycles. The summed E-state index contributed by atoms with van der Waals surface area (Å²) in [6, 6.07) is 4.76. The molecular weight excluding hydrogens is 409 g/mol. The highest BCUT2D eigenvalue weighted by molar-refractivity contribution is 7.56. The van der Waals surface area contributed by atoms with Crippen LogP contribution in [0.15, 0.2) is 40.1 Å². The number of hydrogen-bond donors (Lipinski definition) is 3. The topological polar surface area (TPSA) is 132 Å². The normalized spacial score (nSPS) is 28.4. The van der Waals surface area contributed by atoms with Crippen LogP contribution in [0.4, 0.5) is 4.39 Å². The molecule has 4 unspecified atom stereocenters. The molecule has 152 valence electrons. The lowest BCUT2D eigenvalue weighted by atomic mass is 9.88. The minimum Gasteiger partial charge on any atom is -0.368 e. The van der Waals surface area contributed by atoms with Gasteiger partial charge in [-0.15, -0.1) is 9.05 Å². The Bertz CT molecular complexity index is 1050. The summed E-state index contributed by atoms with van der Waals surface area (Å²) in [7, 11) is 1.71. The number of ether oxygens (including phenoxy) is 1. The molecule has 29 heavy (non-hydrogen) atoms. The molecule has 2 radical (unpaired) electrons. The Labute approximate surface area is 164 Å². The molecule has 0 spiro atoms. The number of aromatic nitrogens is 2. The molecule has 2 aliphatic rings. The van der Waals surface area contributed by atoms with Crippen molar-refractivity contribution in [3.63, 3.8) is 0 Å². The molecule has 0 bridgehead atoms. The van der Waals surface area contributed by atoms with E-state index in [2.05, 4.69) is 4.98 Å². The van der Waals surface area contributed by atoms with Crippen molar-refractivity contribution in [2.24, 2.45) is 0 Å². The molecule has 4 atom stereocenters. The first-order valence-electron chi connectivity index (χ1n) is 8.58. The summed E-state index contributed by atoms with van der Waals surface area (Å²) < 4.78 is 35.6. The molecule has 1 aromatic heterocycles. The van der Waals surface area contributed by atoms with Crippen molar-refractivity contribution in [3.8, 4) is 5.75 Å². The van der Waals surface area contributed by atoms with Gasteiger partial charge in [0.25, 0.3) is 5.56 Å². The van der Waals surface area contributed by atoms with E-state index in [1.807, 2.05) is 0 Å². The van der Waals surface area contributed by atoms with Crippen molar-refractivity contribution in [2.75, 3.05) is 0 Å². The minimum atomic E-state index is -4.09.